The number of benzene rings is 4. The van der Waals surface area contributed by atoms with Crippen LogP contribution in [0.4, 0.5) is 10.5 Å². The first kappa shape index (κ1) is 35.4. The lowest BCUT2D eigenvalue weighted by atomic mass is 10.1. The van der Waals surface area contributed by atoms with Crippen LogP contribution in [0.15, 0.2) is 128 Å². The molecule has 258 valence electrons. The molecule has 5 rings (SSSR count). The zero-order chi connectivity index (χ0) is 35.0. The predicted octanol–water partition coefficient (Wildman–Crippen LogP) is 6.26. The maximum absolute atomic E-state index is 14.5. The van der Waals surface area contributed by atoms with Crippen molar-refractivity contribution in [2.75, 3.05) is 18.0 Å². The molecule has 0 saturated heterocycles. The molecule has 50 heavy (non-hydrogen) atoms. The molecular weight excluding hydrogens is 628 g/mol. The second-order valence-corrected chi connectivity index (χ2v) is 12.0. The summed E-state index contributed by atoms with van der Waals surface area (Å²) in [6.07, 6.45) is 5.03. The summed E-state index contributed by atoms with van der Waals surface area (Å²) in [5.41, 5.74) is 4.24. The van der Waals surface area contributed by atoms with Gasteiger partial charge in [0.05, 0.1) is 6.33 Å². The van der Waals surface area contributed by atoms with Gasteiger partial charge in [-0.1, -0.05) is 104 Å². The number of hydrogen-bond donors (Lipinski definition) is 3. The maximum Gasteiger partial charge on any atom is 0.315 e. The summed E-state index contributed by atoms with van der Waals surface area (Å²) in [6, 6.07) is 35.0. The molecule has 1 atom stereocenters. The van der Waals surface area contributed by atoms with Crippen molar-refractivity contribution in [2.45, 2.75) is 51.9 Å². The van der Waals surface area contributed by atoms with E-state index in [1.807, 2.05) is 115 Å². The Hall–Kier alpha value is -5.90. The van der Waals surface area contributed by atoms with Gasteiger partial charge in [-0.3, -0.25) is 9.59 Å². The highest BCUT2D eigenvalue weighted by molar-refractivity contribution is 5.97. The SMILES string of the molecule is CCCCN(C(=O)CN(Cc1ccc(OCc2ccccc2)cc1)C(=O)C(Cc1cnc[nH]1)NC(=O)NCc1ccccc1)c1ccccc1. The number of carbonyl (C=O) groups is 3. The molecule has 4 amide bonds. The lowest BCUT2D eigenvalue weighted by molar-refractivity contribution is -0.137. The quantitative estimate of drug-likeness (QED) is 0.108. The summed E-state index contributed by atoms with van der Waals surface area (Å²) in [5.74, 6) is 0.0839. The average Bonchev–Trinajstić information content (AvgIpc) is 3.67. The van der Waals surface area contributed by atoms with Crippen LogP contribution in [-0.4, -0.2) is 51.8 Å². The van der Waals surface area contributed by atoms with Crippen molar-refractivity contribution in [3.8, 4) is 5.75 Å². The van der Waals surface area contributed by atoms with Gasteiger partial charge in [-0.05, 0) is 47.4 Å². The van der Waals surface area contributed by atoms with Crippen LogP contribution in [-0.2, 0) is 35.7 Å². The number of nitrogens with zero attached hydrogens (tertiary/aromatic N) is 3. The smallest absolute Gasteiger partial charge is 0.315 e. The molecule has 10 nitrogen and oxygen atoms in total. The summed E-state index contributed by atoms with van der Waals surface area (Å²) in [6.45, 7) is 3.28. The van der Waals surface area contributed by atoms with Gasteiger partial charge in [0.2, 0.25) is 11.8 Å². The molecular formula is C40H44N6O4. The number of rotatable bonds is 17. The fourth-order valence-electron chi connectivity index (χ4n) is 5.46. The Labute approximate surface area is 293 Å². The van der Waals surface area contributed by atoms with Gasteiger partial charge in [0.1, 0.15) is 24.9 Å². The van der Waals surface area contributed by atoms with Crippen LogP contribution < -0.4 is 20.3 Å². The van der Waals surface area contributed by atoms with Crippen LogP contribution in [0.1, 0.15) is 42.1 Å². The predicted molar refractivity (Wildman–Crippen MR) is 194 cm³/mol. The fraction of sp³-hybridized carbons (Fsp3) is 0.250. The van der Waals surface area contributed by atoms with Crippen LogP contribution >= 0.6 is 0 Å². The Morgan fingerprint density at radius 2 is 1.48 bits per heavy atom. The average molecular weight is 673 g/mol. The summed E-state index contributed by atoms with van der Waals surface area (Å²) in [7, 11) is 0. The first-order valence-corrected chi connectivity index (χ1v) is 16.9. The number of aromatic nitrogens is 2. The van der Waals surface area contributed by atoms with Gasteiger partial charge >= 0.3 is 6.03 Å². The third-order valence-corrected chi connectivity index (χ3v) is 8.17. The number of aromatic amines is 1. The van der Waals surface area contributed by atoms with E-state index in [0.717, 1.165) is 35.2 Å². The number of H-pyrrole nitrogens is 1. The molecule has 0 fully saturated rings. The maximum atomic E-state index is 14.5. The van der Waals surface area contributed by atoms with E-state index < -0.39 is 18.0 Å². The number of amides is 4. The van der Waals surface area contributed by atoms with Crippen LogP contribution in [0.25, 0.3) is 0 Å². The van der Waals surface area contributed by atoms with Crippen molar-refractivity contribution in [1.82, 2.24) is 25.5 Å². The second kappa shape index (κ2) is 18.6. The minimum Gasteiger partial charge on any atom is -0.489 e. The minimum atomic E-state index is -0.978. The van der Waals surface area contributed by atoms with E-state index in [4.69, 9.17) is 4.74 Å². The number of anilines is 1. The van der Waals surface area contributed by atoms with E-state index in [2.05, 4.69) is 27.5 Å². The first-order chi connectivity index (χ1) is 24.5. The van der Waals surface area contributed by atoms with E-state index in [-0.39, 0.29) is 25.4 Å². The van der Waals surface area contributed by atoms with Crippen molar-refractivity contribution >= 4 is 23.5 Å². The molecule has 1 heterocycles. The molecule has 0 saturated carbocycles. The van der Waals surface area contributed by atoms with E-state index in [0.29, 0.717) is 31.1 Å². The van der Waals surface area contributed by atoms with Gasteiger partial charge < -0.3 is 30.2 Å². The molecule has 0 aliphatic carbocycles. The summed E-state index contributed by atoms with van der Waals surface area (Å²) in [4.78, 5) is 52.1. The lowest BCUT2D eigenvalue weighted by Crippen LogP contribution is -2.54. The highest BCUT2D eigenvalue weighted by Gasteiger charge is 2.30. The van der Waals surface area contributed by atoms with Gasteiger partial charge in [-0.15, -0.1) is 0 Å². The van der Waals surface area contributed by atoms with Gasteiger partial charge in [0.15, 0.2) is 0 Å². The number of para-hydroxylation sites is 1. The fourth-order valence-corrected chi connectivity index (χ4v) is 5.46. The molecule has 1 aromatic heterocycles. The Morgan fingerprint density at radius 3 is 2.12 bits per heavy atom. The Bertz CT molecular complexity index is 1750. The van der Waals surface area contributed by atoms with E-state index in [1.165, 1.54) is 11.2 Å². The van der Waals surface area contributed by atoms with E-state index in [9.17, 15) is 14.4 Å². The summed E-state index contributed by atoms with van der Waals surface area (Å²) >= 11 is 0. The number of urea groups is 1. The topological polar surface area (TPSA) is 120 Å². The molecule has 0 aliphatic rings. The molecule has 0 spiro atoms. The number of carbonyl (C=O) groups excluding carboxylic acids is 3. The van der Waals surface area contributed by atoms with Crippen LogP contribution in [0.5, 0.6) is 5.75 Å². The Morgan fingerprint density at radius 1 is 0.820 bits per heavy atom. The van der Waals surface area contributed by atoms with Crippen LogP contribution in [0.3, 0.4) is 0 Å². The second-order valence-electron chi connectivity index (χ2n) is 12.0. The van der Waals surface area contributed by atoms with Crippen molar-refractivity contribution in [3.63, 3.8) is 0 Å². The standard InChI is InChI=1S/C40H44N6O4/c1-2-3-23-46(35-17-11-6-12-18-35)38(47)28-45(27-32-19-21-36(22-20-32)50-29-33-15-9-5-10-16-33)39(48)37(24-34-26-41-30-43-34)44-40(49)42-25-31-13-7-4-8-14-31/h4-22,26,30,37H,2-3,23-25,27-29H2,1H3,(H,41,43)(H2,42,44,49). The Balaban J connectivity index is 1.37. The van der Waals surface area contributed by atoms with E-state index >= 15 is 0 Å². The van der Waals surface area contributed by atoms with Crippen molar-refractivity contribution in [1.29, 1.82) is 0 Å². The molecule has 0 bridgehead atoms. The molecule has 0 aliphatic heterocycles. The molecule has 4 aromatic carbocycles. The third kappa shape index (κ3) is 10.8. The van der Waals surface area contributed by atoms with Gasteiger partial charge in [-0.25, -0.2) is 9.78 Å². The zero-order valence-electron chi connectivity index (χ0n) is 28.3. The monoisotopic (exact) mass is 672 g/mol. The number of unbranched alkanes of at least 4 members (excludes halogenated alkanes) is 1. The minimum absolute atomic E-state index is 0.146. The van der Waals surface area contributed by atoms with Crippen molar-refractivity contribution < 1.29 is 19.1 Å². The van der Waals surface area contributed by atoms with E-state index in [1.54, 1.807) is 11.1 Å². The summed E-state index contributed by atoms with van der Waals surface area (Å²) < 4.78 is 5.97. The number of imidazole rings is 1. The number of ether oxygens (including phenoxy) is 1. The zero-order valence-corrected chi connectivity index (χ0v) is 28.3. The van der Waals surface area contributed by atoms with Crippen molar-refractivity contribution in [2.24, 2.45) is 0 Å². The van der Waals surface area contributed by atoms with Gasteiger partial charge in [-0.2, -0.15) is 0 Å². The lowest BCUT2D eigenvalue weighted by Gasteiger charge is -2.30. The molecule has 10 heteroatoms. The molecule has 0 radical (unpaired) electrons. The normalized spacial score (nSPS) is 11.3. The molecule has 5 aromatic rings. The van der Waals surface area contributed by atoms with Gasteiger partial charge in [0.25, 0.3) is 0 Å². The third-order valence-electron chi connectivity index (χ3n) is 8.17. The number of nitrogens with one attached hydrogen (secondary N) is 3. The highest BCUT2D eigenvalue weighted by atomic mass is 16.5. The largest absolute Gasteiger partial charge is 0.489 e. The summed E-state index contributed by atoms with van der Waals surface area (Å²) in [5, 5.41) is 5.72. The highest BCUT2D eigenvalue weighted by Crippen LogP contribution is 2.19. The Kier molecular flexibility index (Phi) is 13.2. The van der Waals surface area contributed by atoms with Crippen LogP contribution in [0.2, 0.25) is 0 Å². The van der Waals surface area contributed by atoms with Crippen molar-refractivity contribution in [3.05, 3.63) is 150 Å². The van der Waals surface area contributed by atoms with Gasteiger partial charge in [0, 0.05) is 43.6 Å². The first-order valence-electron chi connectivity index (χ1n) is 16.9. The van der Waals surface area contributed by atoms with Crippen LogP contribution in [0, 0.1) is 0 Å². The molecule has 1 unspecified atom stereocenters. The number of hydrogen-bond acceptors (Lipinski definition) is 5. The molecule has 3 N–H and O–H groups in total.